The van der Waals surface area contributed by atoms with Gasteiger partial charge in [-0.1, -0.05) is 122 Å². The maximum atomic E-state index is 2.47. The first-order valence-electron chi connectivity index (χ1n) is 15.7. The second kappa shape index (κ2) is 9.97. The molecule has 214 valence electrons. The van der Waals surface area contributed by atoms with Gasteiger partial charge >= 0.3 is 0 Å². The number of hydrogen-bond acceptors (Lipinski definition) is 0. The molecule has 2 heterocycles. The summed E-state index contributed by atoms with van der Waals surface area (Å²) in [5, 5.41) is 3.88. The first-order chi connectivity index (χ1) is 22.2. The third-order valence-corrected chi connectivity index (χ3v) is 9.75. The Kier molecular flexibility index (Phi) is 5.73. The maximum absolute atomic E-state index is 2.47. The lowest BCUT2D eigenvalue weighted by Crippen LogP contribution is -2.26. The van der Waals surface area contributed by atoms with E-state index in [2.05, 4.69) is 180 Å². The summed E-state index contributed by atoms with van der Waals surface area (Å²) in [7, 11) is 0. The van der Waals surface area contributed by atoms with Crippen LogP contribution in [0.1, 0.15) is 23.7 Å². The summed E-state index contributed by atoms with van der Waals surface area (Å²) < 4.78 is 4.88. The van der Waals surface area contributed by atoms with Crippen molar-refractivity contribution in [3.63, 3.8) is 0 Å². The fraction of sp³-hybridized carbons (Fsp3) is 0.0698. The van der Waals surface area contributed by atoms with Gasteiger partial charge in [0.05, 0.1) is 16.6 Å². The van der Waals surface area contributed by atoms with Gasteiger partial charge in [-0.15, -0.1) is 0 Å². The predicted octanol–water partition coefficient (Wildman–Crippen LogP) is 10.9. The number of allylic oxidation sites excluding steroid dienone is 1. The summed E-state index contributed by atoms with van der Waals surface area (Å²) in [4.78, 5) is 0. The van der Waals surface area contributed by atoms with E-state index in [9.17, 15) is 0 Å². The van der Waals surface area contributed by atoms with E-state index < -0.39 is 0 Å². The van der Waals surface area contributed by atoms with Crippen LogP contribution in [0, 0.1) is 0 Å². The van der Waals surface area contributed by atoms with Gasteiger partial charge in [0.1, 0.15) is 0 Å². The van der Waals surface area contributed by atoms with Gasteiger partial charge in [-0.2, -0.15) is 0 Å². The Morgan fingerprint density at radius 2 is 1.07 bits per heavy atom. The minimum absolute atomic E-state index is 0.150. The van der Waals surface area contributed by atoms with Gasteiger partial charge in [0, 0.05) is 50.6 Å². The molecule has 0 amide bonds. The standard InChI is InChI=1S/C43H32N2/c1-43(27-26-37-35-16-8-10-18-39(35)45(42(37)29-43)33-14-6-3-7-15-33)32-22-25-41-38(28-32)36-17-9-11-19-40(36)44(41)34-23-20-31(21-24-34)30-12-4-2-5-13-30/h2-28H,29H2,1H3. The minimum atomic E-state index is -0.150. The van der Waals surface area contributed by atoms with Crippen molar-refractivity contribution in [2.75, 3.05) is 0 Å². The highest BCUT2D eigenvalue weighted by molar-refractivity contribution is 6.09. The summed E-state index contributed by atoms with van der Waals surface area (Å²) in [6.07, 6.45) is 5.72. The summed E-state index contributed by atoms with van der Waals surface area (Å²) in [6, 6.07) is 55.1. The highest BCUT2D eigenvalue weighted by atomic mass is 15.0. The molecule has 0 bridgehead atoms. The van der Waals surface area contributed by atoms with Crippen LogP contribution in [0.5, 0.6) is 0 Å². The van der Waals surface area contributed by atoms with Crippen LogP contribution in [0.4, 0.5) is 0 Å². The van der Waals surface area contributed by atoms with Gasteiger partial charge in [0.25, 0.3) is 0 Å². The van der Waals surface area contributed by atoms with Crippen molar-refractivity contribution in [3.8, 4) is 22.5 Å². The second-order valence-corrected chi connectivity index (χ2v) is 12.5. The lowest BCUT2D eigenvalue weighted by Gasteiger charge is -2.31. The molecule has 1 atom stereocenters. The number of benzene rings is 6. The zero-order valence-electron chi connectivity index (χ0n) is 25.2. The summed E-state index contributed by atoms with van der Waals surface area (Å²) in [5.41, 5.74) is 12.5. The van der Waals surface area contributed by atoms with E-state index in [0.29, 0.717) is 0 Å². The number of para-hydroxylation sites is 3. The van der Waals surface area contributed by atoms with E-state index in [1.807, 2.05) is 0 Å². The van der Waals surface area contributed by atoms with Crippen molar-refractivity contribution in [1.82, 2.24) is 9.13 Å². The van der Waals surface area contributed by atoms with E-state index in [0.717, 1.165) is 6.42 Å². The molecule has 0 radical (unpaired) electrons. The van der Waals surface area contributed by atoms with Crippen molar-refractivity contribution in [1.29, 1.82) is 0 Å². The van der Waals surface area contributed by atoms with Crippen LogP contribution >= 0.6 is 0 Å². The summed E-state index contributed by atoms with van der Waals surface area (Å²) in [5.74, 6) is 0. The van der Waals surface area contributed by atoms with Crippen LogP contribution in [0.15, 0.2) is 158 Å². The molecule has 1 unspecified atom stereocenters. The zero-order chi connectivity index (χ0) is 30.0. The lowest BCUT2D eigenvalue weighted by molar-refractivity contribution is 0.573. The average Bonchev–Trinajstić information content (AvgIpc) is 3.61. The third-order valence-electron chi connectivity index (χ3n) is 9.75. The number of aromatic nitrogens is 2. The molecule has 0 aliphatic heterocycles. The molecule has 0 N–H and O–H groups in total. The van der Waals surface area contributed by atoms with Crippen LogP contribution in [0.25, 0.3) is 61.3 Å². The van der Waals surface area contributed by atoms with Gasteiger partial charge in [0.2, 0.25) is 0 Å². The highest BCUT2D eigenvalue weighted by Gasteiger charge is 2.32. The summed E-state index contributed by atoms with van der Waals surface area (Å²) in [6.45, 7) is 2.39. The Balaban J connectivity index is 1.17. The second-order valence-electron chi connectivity index (χ2n) is 12.5. The van der Waals surface area contributed by atoms with Crippen LogP contribution in [-0.2, 0) is 11.8 Å². The molecule has 2 nitrogen and oxygen atoms in total. The van der Waals surface area contributed by atoms with Crippen molar-refractivity contribution in [3.05, 3.63) is 175 Å². The van der Waals surface area contributed by atoms with Crippen LogP contribution in [0.2, 0.25) is 0 Å². The number of hydrogen-bond donors (Lipinski definition) is 0. The molecule has 8 aromatic rings. The van der Waals surface area contributed by atoms with Crippen LogP contribution < -0.4 is 0 Å². The molecule has 2 heteroatoms. The average molecular weight is 577 g/mol. The molecule has 45 heavy (non-hydrogen) atoms. The predicted molar refractivity (Wildman–Crippen MR) is 190 cm³/mol. The van der Waals surface area contributed by atoms with Crippen molar-refractivity contribution in [2.45, 2.75) is 18.8 Å². The van der Waals surface area contributed by atoms with E-state index in [1.54, 1.807) is 0 Å². The highest BCUT2D eigenvalue weighted by Crippen LogP contribution is 2.43. The molecule has 0 spiro atoms. The number of rotatable bonds is 4. The molecular weight excluding hydrogens is 544 g/mol. The number of nitrogens with zero attached hydrogens (tertiary/aromatic N) is 2. The lowest BCUT2D eigenvalue weighted by atomic mass is 9.74. The zero-order valence-corrected chi connectivity index (χ0v) is 25.2. The Bertz CT molecular complexity index is 2390. The Labute approximate surface area is 263 Å². The van der Waals surface area contributed by atoms with E-state index in [4.69, 9.17) is 0 Å². The normalized spacial score (nSPS) is 16.0. The summed E-state index contributed by atoms with van der Waals surface area (Å²) >= 11 is 0. The van der Waals surface area contributed by atoms with E-state index >= 15 is 0 Å². The van der Waals surface area contributed by atoms with Crippen molar-refractivity contribution in [2.24, 2.45) is 0 Å². The van der Waals surface area contributed by atoms with Gasteiger partial charge in [0.15, 0.2) is 0 Å². The van der Waals surface area contributed by atoms with Crippen molar-refractivity contribution < 1.29 is 0 Å². The maximum Gasteiger partial charge on any atom is 0.0541 e. The minimum Gasteiger partial charge on any atom is -0.313 e. The quantitative estimate of drug-likeness (QED) is 0.197. The third kappa shape index (κ3) is 4.03. The Morgan fingerprint density at radius 3 is 1.82 bits per heavy atom. The SMILES string of the molecule is CC1(c2ccc3c(c2)c2ccccc2n3-c2ccc(-c3ccccc3)cc2)C=Cc2c(n(-c3ccccc3)c3ccccc23)C1. The van der Waals surface area contributed by atoms with Crippen LogP contribution in [0.3, 0.4) is 0 Å². The fourth-order valence-electron chi connectivity index (χ4n) is 7.46. The largest absolute Gasteiger partial charge is 0.313 e. The number of fused-ring (bicyclic) bond motifs is 6. The molecular formula is C43H32N2. The topological polar surface area (TPSA) is 9.86 Å². The van der Waals surface area contributed by atoms with Gasteiger partial charge in [-0.3, -0.25) is 0 Å². The first kappa shape index (κ1) is 25.9. The van der Waals surface area contributed by atoms with Crippen LogP contribution in [-0.4, -0.2) is 9.13 Å². The monoisotopic (exact) mass is 576 g/mol. The molecule has 9 rings (SSSR count). The van der Waals surface area contributed by atoms with Gasteiger partial charge in [-0.25, -0.2) is 0 Å². The molecule has 1 aliphatic carbocycles. The van der Waals surface area contributed by atoms with Crippen molar-refractivity contribution >= 4 is 38.8 Å². The fourth-order valence-corrected chi connectivity index (χ4v) is 7.46. The van der Waals surface area contributed by atoms with Gasteiger partial charge < -0.3 is 9.13 Å². The molecule has 0 saturated heterocycles. The molecule has 6 aromatic carbocycles. The molecule has 1 aliphatic rings. The smallest absolute Gasteiger partial charge is 0.0541 e. The molecule has 0 saturated carbocycles. The molecule has 2 aromatic heterocycles. The Morgan fingerprint density at radius 1 is 0.489 bits per heavy atom. The van der Waals surface area contributed by atoms with E-state index in [-0.39, 0.29) is 5.41 Å². The van der Waals surface area contributed by atoms with E-state index in [1.165, 1.54) is 72.0 Å². The molecule has 0 fully saturated rings. The van der Waals surface area contributed by atoms with Gasteiger partial charge in [-0.05, 0) is 65.2 Å². The first-order valence-corrected chi connectivity index (χ1v) is 15.7. The Hall–Kier alpha value is -5.60.